The minimum atomic E-state index is -0.790. The average molecular weight is 962 g/mol. The lowest BCUT2D eigenvalue weighted by Crippen LogP contribution is -2.51. The molecule has 69 heavy (non-hydrogen) atoms. The number of halogens is 1. The second kappa shape index (κ2) is 19.7. The van der Waals surface area contributed by atoms with Crippen LogP contribution in [0.3, 0.4) is 0 Å². The number of thiophene rings is 1. The number of hydrogen-bond donors (Lipinski definition) is 4. The number of likely N-dealkylation sites (tertiary alicyclic amines) is 1. The number of fused-ring (bicyclic) bond motifs is 5. The number of aromatic amines is 2. The molecule has 1 saturated carbocycles. The van der Waals surface area contributed by atoms with Crippen LogP contribution in [0.25, 0.3) is 44.7 Å². The largest absolute Gasteiger partial charge is 0.464 e. The summed E-state index contributed by atoms with van der Waals surface area (Å²) in [7, 11) is 2.54. The lowest BCUT2D eigenvalue weighted by molar-refractivity contribution is -0.136. The normalized spacial score (nSPS) is 17.3. The van der Waals surface area contributed by atoms with Crippen LogP contribution in [0.4, 0.5) is 14.0 Å². The van der Waals surface area contributed by atoms with Crippen molar-refractivity contribution in [1.82, 2.24) is 44.9 Å². The van der Waals surface area contributed by atoms with Gasteiger partial charge in [-0.3, -0.25) is 14.2 Å². The molecule has 4 atom stereocenters. The van der Waals surface area contributed by atoms with Gasteiger partial charge in [0.15, 0.2) is 0 Å². The second-order valence-corrected chi connectivity index (χ2v) is 20.2. The van der Waals surface area contributed by atoms with Crippen molar-refractivity contribution in [3.63, 3.8) is 0 Å². The number of rotatable bonds is 16. The van der Waals surface area contributed by atoms with Crippen molar-refractivity contribution >= 4 is 46.2 Å². The first-order valence-electron chi connectivity index (χ1n) is 23.9. The molecule has 9 rings (SSSR count). The maximum absolute atomic E-state index is 16.9. The van der Waals surface area contributed by atoms with Gasteiger partial charge in [0.25, 0.3) is 0 Å². The van der Waals surface area contributed by atoms with Crippen LogP contribution in [0, 0.1) is 23.6 Å². The summed E-state index contributed by atoms with van der Waals surface area (Å²) in [5, 5.41) is 6.26. The van der Waals surface area contributed by atoms with Crippen LogP contribution < -0.4 is 15.4 Å². The number of carbonyl (C=O) groups is 4. The number of amides is 4. The Kier molecular flexibility index (Phi) is 13.5. The Morgan fingerprint density at radius 1 is 0.899 bits per heavy atom. The number of alkyl carbamates (subject to hydrolysis) is 2. The van der Waals surface area contributed by atoms with Crippen LogP contribution in [-0.2, 0) is 32.0 Å². The van der Waals surface area contributed by atoms with Gasteiger partial charge in [0, 0.05) is 34.5 Å². The van der Waals surface area contributed by atoms with Crippen molar-refractivity contribution in [3.8, 4) is 39.5 Å². The highest BCUT2D eigenvalue weighted by atomic mass is 32.1. The number of H-pyrrole nitrogens is 2. The summed E-state index contributed by atoms with van der Waals surface area (Å²) < 4.78 is 35.5. The summed E-state index contributed by atoms with van der Waals surface area (Å²) in [5.74, 6) is 1.04. The van der Waals surface area contributed by atoms with E-state index < -0.39 is 36.3 Å². The van der Waals surface area contributed by atoms with Gasteiger partial charge in [-0.25, -0.2) is 23.9 Å². The highest BCUT2D eigenvalue weighted by Crippen LogP contribution is 2.48. The van der Waals surface area contributed by atoms with Gasteiger partial charge in [-0.1, -0.05) is 40.7 Å². The molecule has 2 aliphatic heterocycles. The first-order valence-corrected chi connectivity index (χ1v) is 24.7. The summed E-state index contributed by atoms with van der Waals surface area (Å²) in [5.41, 5.74) is 4.64. The van der Waals surface area contributed by atoms with E-state index in [2.05, 4.69) is 48.4 Å². The monoisotopic (exact) mass is 961 g/mol. The third-order valence-electron chi connectivity index (χ3n) is 13.4. The number of nitrogens with one attached hydrogen (secondary N) is 4. The number of hydrogen-bond acceptors (Lipinski definition) is 10. The van der Waals surface area contributed by atoms with Crippen molar-refractivity contribution in [2.75, 3.05) is 27.3 Å². The average Bonchev–Trinajstić information content (AvgIpc) is 3.94. The van der Waals surface area contributed by atoms with Crippen LogP contribution in [0.5, 0.6) is 5.75 Å². The summed E-state index contributed by atoms with van der Waals surface area (Å²) in [4.78, 5) is 73.7. The van der Waals surface area contributed by atoms with Gasteiger partial charge in [0.2, 0.25) is 18.0 Å². The third kappa shape index (κ3) is 9.67. The number of aromatic nitrogens is 5. The lowest BCUT2D eigenvalue weighted by atomic mass is 10.0. The van der Waals surface area contributed by atoms with E-state index in [0.717, 1.165) is 46.3 Å². The Hall–Kier alpha value is -6.69. The van der Waals surface area contributed by atoms with E-state index in [1.165, 1.54) is 38.0 Å². The molecule has 3 aliphatic rings. The molecule has 4 aromatic heterocycles. The Bertz CT molecular complexity index is 2880. The fourth-order valence-electron chi connectivity index (χ4n) is 9.58. The highest BCUT2D eigenvalue weighted by Gasteiger charge is 2.38. The Morgan fingerprint density at radius 2 is 1.62 bits per heavy atom. The molecule has 2 fully saturated rings. The molecule has 4 N–H and O–H groups in total. The molecule has 6 aromatic rings. The summed E-state index contributed by atoms with van der Waals surface area (Å²) in [6, 6.07) is 13.9. The zero-order valence-corrected chi connectivity index (χ0v) is 40.9. The summed E-state index contributed by atoms with van der Waals surface area (Å²) in [6.45, 7) is 10.6. The van der Waals surface area contributed by atoms with Gasteiger partial charge in [-0.15, -0.1) is 11.3 Å². The maximum Gasteiger partial charge on any atom is 0.407 e. The molecule has 4 amide bonds. The maximum atomic E-state index is 16.9. The molecule has 1 aliphatic carbocycles. The zero-order chi connectivity index (χ0) is 48.7. The Morgan fingerprint density at radius 3 is 2.33 bits per heavy atom. The third-order valence-corrected chi connectivity index (χ3v) is 14.5. The van der Waals surface area contributed by atoms with Crippen molar-refractivity contribution in [3.05, 3.63) is 88.1 Å². The lowest BCUT2D eigenvalue weighted by Gasteiger charge is -2.30. The summed E-state index contributed by atoms with van der Waals surface area (Å²) >= 11 is 1.72. The fraction of sp³-hybridized carbons (Fsp3) is 0.451. The highest BCUT2D eigenvalue weighted by molar-refractivity contribution is 7.12. The van der Waals surface area contributed by atoms with Crippen LogP contribution >= 0.6 is 11.3 Å². The van der Waals surface area contributed by atoms with Gasteiger partial charge in [0.1, 0.15) is 35.3 Å². The van der Waals surface area contributed by atoms with Crippen LogP contribution in [0.1, 0.15) is 100 Å². The quantitative estimate of drug-likeness (QED) is 0.0733. The van der Waals surface area contributed by atoms with E-state index >= 15 is 4.39 Å². The van der Waals surface area contributed by atoms with E-state index in [4.69, 9.17) is 19.2 Å². The predicted octanol–water partition coefficient (Wildman–Crippen LogP) is 9.34. The number of benzene rings is 2. The smallest absolute Gasteiger partial charge is 0.407 e. The molecular weight excluding hydrogens is 902 g/mol. The van der Waals surface area contributed by atoms with Gasteiger partial charge < -0.3 is 44.6 Å². The topological polar surface area (TPSA) is 189 Å². The number of nitrogens with zero attached hydrogens (tertiary/aromatic N) is 5. The van der Waals surface area contributed by atoms with Crippen LogP contribution in [-0.4, -0.2) is 97.7 Å². The molecule has 1 saturated heterocycles. The van der Waals surface area contributed by atoms with Crippen molar-refractivity contribution in [2.24, 2.45) is 17.8 Å². The number of imidazole rings is 2. The SMILES string of the molecule is CCCN(Cc1ncc(-c2cc(F)c3c(c2)OC(c2ccc(CC4CC4)s2)n2c-3cc3cc(-c4cnc([C@@H]5CCCN5C(=O)[C@@H](NC(=O)OC)C(C)C)[nH]4)ccc32)[nH]1)C(=O)[C@@H](NC(=O)OC)C(C)C. The van der Waals surface area contributed by atoms with Gasteiger partial charge in [0.05, 0.1) is 72.2 Å². The van der Waals surface area contributed by atoms with Gasteiger partial charge in [-0.05, 0) is 98.7 Å². The molecule has 6 heterocycles. The standard InChI is InChI=1S/C51H60FN9O7S/c1-8-17-59(47(62)44(27(2)3)57-50(64)66-6)26-42-53-24-36(55-42)31-21-34(52)43-39-22-32-20-30(13-15-37(32)61(39)49(68-40(43)23-31)41-16-14-33(69-41)19-29-11-12-29)35-25-54-46(56-35)38-10-9-18-60(38)48(63)45(28(4)5)58-51(65)67-7/h13-16,20-25,27-29,38,44-45,49H,8-12,17-19,26H2,1-7H3,(H,53,55)(H,54,56)(H,57,64)(H,58,65)/t38-,44-,45-,49?/m0/s1. The van der Waals surface area contributed by atoms with Crippen molar-refractivity contribution in [1.29, 1.82) is 0 Å². The molecule has 16 nitrogen and oxygen atoms in total. The fourth-order valence-corrected chi connectivity index (χ4v) is 10.7. The first-order chi connectivity index (χ1) is 33.2. The zero-order valence-electron chi connectivity index (χ0n) is 40.1. The first kappa shape index (κ1) is 47.4. The molecule has 2 aromatic carbocycles. The molecule has 364 valence electrons. The minimum absolute atomic E-state index is 0.151. The molecule has 1 unspecified atom stereocenters. The van der Waals surface area contributed by atoms with E-state index in [0.29, 0.717) is 65.3 Å². The van der Waals surface area contributed by atoms with E-state index in [1.807, 2.05) is 58.9 Å². The molecular formula is C51H60FN9O7S. The second-order valence-electron chi connectivity index (χ2n) is 19.0. The number of carbonyl (C=O) groups excluding carboxylic acids is 4. The summed E-state index contributed by atoms with van der Waals surface area (Å²) in [6.07, 6.45) is 7.23. The number of ether oxygens (including phenoxy) is 3. The van der Waals surface area contributed by atoms with Crippen molar-refractivity contribution < 1.29 is 37.8 Å². The van der Waals surface area contributed by atoms with Gasteiger partial charge >= 0.3 is 12.2 Å². The predicted molar refractivity (Wildman–Crippen MR) is 260 cm³/mol. The van der Waals surface area contributed by atoms with E-state index in [1.54, 1.807) is 33.5 Å². The molecule has 0 radical (unpaired) electrons. The Labute approximate surface area is 404 Å². The van der Waals surface area contributed by atoms with Crippen LogP contribution in [0.15, 0.2) is 60.9 Å². The molecule has 18 heteroatoms. The minimum Gasteiger partial charge on any atom is -0.464 e. The molecule has 0 spiro atoms. The molecule has 0 bridgehead atoms. The van der Waals surface area contributed by atoms with E-state index in [9.17, 15) is 19.2 Å². The van der Waals surface area contributed by atoms with Crippen molar-refractivity contribution in [2.45, 2.75) is 104 Å². The van der Waals surface area contributed by atoms with Crippen LogP contribution in [0.2, 0.25) is 0 Å². The van der Waals surface area contributed by atoms with Gasteiger partial charge in [-0.2, -0.15) is 0 Å². The van der Waals surface area contributed by atoms with E-state index in [-0.39, 0.29) is 36.2 Å². The number of methoxy groups -OCH3 is 2. The Balaban J connectivity index is 1.03.